The summed E-state index contributed by atoms with van der Waals surface area (Å²) in [4.78, 5) is 4.90. The first-order valence-corrected chi connectivity index (χ1v) is 21.2. The molecule has 0 bridgehead atoms. The first-order chi connectivity index (χ1) is 29.5. The number of fused-ring (bicyclic) bond motifs is 7. The number of hydrogen-bond acceptors (Lipinski definition) is 2. The molecule has 0 N–H and O–H groups in total. The predicted octanol–water partition coefficient (Wildman–Crippen LogP) is 14.8. The van der Waals surface area contributed by atoms with Crippen LogP contribution in [0.4, 0.5) is 22.7 Å². The number of ether oxygens (including phenoxy) is 1. The van der Waals surface area contributed by atoms with Crippen LogP contribution in [-0.4, -0.2) is 9.55 Å². The van der Waals surface area contributed by atoms with E-state index in [9.17, 15) is 0 Å². The van der Waals surface area contributed by atoms with Gasteiger partial charge < -0.3 is 9.30 Å². The van der Waals surface area contributed by atoms with Crippen LogP contribution in [0.1, 0.15) is 48.6 Å². The molecular formula is C56H47N4OPt-. The number of quaternary nitrogens is 2. The van der Waals surface area contributed by atoms with Crippen molar-refractivity contribution in [1.29, 1.82) is 0 Å². The Balaban J connectivity index is 0.00000458. The zero-order valence-corrected chi connectivity index (χ0v) is 38.3. The Morgan fingerprint density at radius 2 is 1.23 bits per heavy atom. The van der Waals surface area contributed by atoms with Crippen LogP contribution in [0, 0.1) is 46.5 Å². The van der Waals surface area contributed by atoms with Gasteiger partial charge in [-0.1, -0.05) is 117 Å². The van der Waals surface area contributed by atoms with Crippen LogP contribution >= 0.6 is 0 Å². The molecule has 11 rings (SSSR count). The van der Waals surface area contributed by atoms with Crippen molar-refractivity contribution in [2.24, 2.45) is 0 Å². The summed E-state index contributed by atoms with van der Waals surface area (Å²) in [5, 5.41) is 2.24. The van der Waals surface area contributed by atoms with E-state index in [1.54, 1.807) is 0 Å². The first-order valence-electron chi connectivity index (χ1n) is 21.2. The van der Waals surface area contributed by atoms with E-state index in [2.05, 4.69) is 211 Å². The standard InChI is InChI=1S/C56H47N4O.Pt/c1-36-15-12-16-37(2)54(36)40-19-14-20-43(29-40)59-35-60(59,52-24-11-10-23-51(52)59)44-30-41(55-38(3)17-13-18-39(55)4)31-46(33-44)61-45-25-26-48-47-21-8-9-22-49(47)58(50(48)34-45)53-32-42(27-28-57-53)56(5,6)7;/h8-32,35H,1-7H3;/q-1;/t59-,60?;/m0./s1. The number of rotatable bonds is 7. The van der Waals surface area contributed by atoms with Crippen LogP contribution in [0.2, 0.25) is 0 Å². The van der Waals surface area contributed by atoms with Crippen molar-refractivity contribution < 1.29 is 25.8 Å². The van der Waals surface area contributed by atoms with E-state index in [1.165, 1.54) is 61.6 Å². The van der Waals surface area contributed by atoms with Gasteiger partial charge in [-0.3, -0.25) is 0 Å². The van der Waals surface area contributed by atoms with Crippen molar-refractivity contribution in [3.63, 3.8) is 0 Å². The summed E-state index contributed by atoms with van der Waals surface area (Å²) in [6.07, 6.45) is 1.91. The fourth-order valence-corrected chi connectivity index (χ4v) is 10.1. The summed E-state index contributed by atoms with van der Waals surface area (Å²) in [6, 6.07) is 60.0. The molecule has 1 saturated heterocycles. The Kier molecular flexibility index (Phi) is 9.35. The zero-order valence-electron chi connectivity index (χ0n) is 36.0. The Hall–Kier alpha value is -6.10. The Labute approximate surface area is 378 Å². The van der Waals surface area contributed by atoms with Gasteiger partial charge in [-0.05, 0) is 101 Å². The molecule has 0 saturated carbocycles. The number of benzene rings is 7. The molecule has 5 nitrogen and oxygen atoms in total. The van der Waals surface area contributed by atoms with Crippen molar-refractivity contribution >= 4 is 44.6 Å². The van der Waals surface area contributed by atoms with Crippen molar-refractivity contribution in [3.8, 4) is 39.6 Å². The molecule has 0 amide bonds. The van der Waals surface area contributed by atoms with Gasteiger partial charge in [-0.15, -0.1) is 29.1 Å². The summed E-state index contributed by atoms with van der Waals surface area (Å²) in [5.74, 6) is 2.11. The number of hydrogen-bond donors (Lipinski definition) is 0. The van der Waals surface area contributed by atoms with E-state index in [-0.39, 0.29) is 26.5 Å². The molecule has 62 heavy (non-hydrogen) atoms. The smallest absolute Gasteiger partial charge is 0.225 e. The summed E-state index contributed by atoms with van der Waals surface area (Å²) in [7, 11) is 0. The van der Waals surface area contributed by atoms with Gasteiger partial charge in [0.05, 0.1) is 5.69 Å². The summed E-state index contributed by atoms with van der Waals surface area (Å²) in [5.41, 5.74) is 17.7. The minimum Gasteiger partial charge on any atom is -0.509 e. The average Bonchev–Trinajstić information content (AvgIpc) is 3.74. The van der Waals surface area contributed by atoms with E-state index >= 15 is 0 Å². The van der Waals surface area contributed by atoms with Gasteiger partial charge in [-0.2, -0.15) is 10.7 Å². The molecule has 2 aliphatic heterocycles. The van der Waals surface area contributed by atoms with Gasteiger partial charge in [0.25, 0.3) is 0 Å². The Bertz CT molecular complexity index is 3230. The second-order valence-corrected chi connectivity index (χ2v) is 17.9. The molecule has 0 radical (unpaired) electrons. The maximum atomic E-state index is 6.97. The van der Waals surface area contributed by atoms with Crippen LogP contribution in [0.3, 0.4) is 0 Å². The third-order valence-corrected chi connectivity index (χ3v) is 13.0. The third kappa shape index (κ3) is 5.90. The van der Waals surface area contributed by atoms with E-state index < -0.39 is 0 Å². The van der Waals surface area contributed by atoms with Crippen LogP contribution in [0.15, 0.2) is 152 Å². The fourth-order valence-electron chi connectivity index (χ4n) is 10.1. The predicted molar refractivity (Wildman–Crippen MR) is 251 cm³/mol. The van der Waals surface area contributed by atoms with Crippen LogP contribution in [-0.2, 0) is 26.5 Å². The van der Waals surface area contributed by atoms with Crippen LogP contribution < -0.4 is 13.9 Å². The first kappa shape index (κ1) is 40.0. The molecule has 2 atom stereocenters. The zero-order chi connectivity index (χ0) is 41.8. The molecule has 2 aliphatic rings. The topological polar surface area (TPSA) is 27.1 Å². The molecule has 2 aromatic heterocycles. The molecule has 1 unspecified atom stereocenters. The number of para-hydroxylation sites is 3. The molecular weight excluding hydrogens is 940 g/mol. The number of nitrogens with zero attached hydrogens (tertiary/aromatic N) is 4. The Morgan fingerprint density at radius 1 is 0.581 bits per heavy atom. The third-order valence-electron chi connectivity index (χ3n) is 13.0. The minimum absolute atomic E-state index is 0. The second kappa shape index (κ2) is 14.5. The van der Waals surface area contributed by atoms with Crippen molar-refractivity contribution in [2.45, 2.75) is 53.9 Å². The molecule has 6 heteroatoms. The molecule has 7 aromatic carbocycles. The number of pyridine rings is 1. The maximum Gasteiger partial charge on any atom is 0.225 e. The molecule has 1 fully saturated rings. The van der Waals surface area contributed by atoms with Crippen molar-refractivity contribution in [2.75, 3.05) is 0 Å². The fraction of sp³-hybridized carbons (Fsp3) is 0.143. The van der Waals surface area contributed by atoms with Crippen molar-refractivity contribution in [3.05, 3.63) is 198 Å². The van der Waals surface area contributed by atoms with Gasteiger partial charge in [-0.25, -0.2) is 9.58 Å². The minimum atomic E-state index is -0.0283. The van der Waals surface area contributed by atoms with E-state index in [0.29, 0.717) is 20.7 Å². The van der Waals surface area contributed by atoms with Gasteiger partial charge in [0, 0.05) is 68.5 Å². The normalized spacial score (nSPS) is 17.5. The maximum absolute atomic E-state index is 6.97. The largest absolute Gasteiger partial charge is 0.509 e. The number of aryl methyl sites for hydroxylation is 4. The van der Waals surface area contributed by atoms with Gasteiger partial charge in [0.15, 0.2) is 12.4 Å². The quantitative estimate of drug-likeness (QED) is 0.0904. The second-order valence-electron chi connectivity index (χ2n) is 17.9. The number of aromatic nitrogens is 2. The summed E-state index contributed by atoms with van der Waals surface area (Å²) < 4.78 is 10.3. The van der Waals surface area contributed by atoms with E-state index in [1.807, 2.05) is 12.3 Å². The molecule has 0 aliphatic carbocycles. The summed E-state index contributed by atoms with van der Waals surface area (Å²) >= 11 is 0. The van der Waals surface area contributed by atoms with Gasteiger partial charge >= 0.3 is 0 Å². The van der Waals surface area contributed by atoms with Gasteiger partial charge in [0.1, 0.15) is 5.82 Å². The van der Waals surface area contributed by atoms with Crippen LogP contribution in [0.5, 0.6) is 11.5 Å². The molecule has 9 aromatic rings. The Morgan fingerprint density at radius 3 is 1.94 bits per heavy atom. The molecule has 308 valence electrons. The summed E-state index contributed by atoms with van der Waals surface area (Å²) in [6.45, 7) is 17.9. The molecule has 0 spiro atoms. The average molecular weight is 987 g/mol. The SMILES string of the molecule is Cc1cccc(C)c1-c1cc(Oc2[c-]c3c(cc2)c2ccccc2n3-c2cc(C(C)(C)C)ccn2)[c-]c([N+]23[CH-][N@+]2(c2cccc(-c4c(C)cccc4C)c2)c2ccccc23)c1.[Pt]. The molecule has 4 heterocycles. The van der Waals surface area contributed by atoms with Crippen molar-refractivity contribution in [1.82, 2.24) is 18.7 Å². The van der Waals surface area contributed by atoms with E-state index in [4.69, 9.17) is 9.72 Å². The van der Waals surface area contributed by atoms with E-state index in [0.717, 1.165) is 38.9 Å². The monoisotopic (exact) mass is 986 g/mol. The van der Waals surface area contributed by atoms with Crippen LogP contribution in [0.25, 0.3) is 49.9 Å². The van der Waals surface area contributed by atoms with Gasteiger partial charge in [0.2, 0.25) is 11.4 Å².